The van der Waals surface area contributed by atoms with Crippen molar-refractivity contribution in [1.82, 2.24) is 4.90 Å². The fourth-order valence-electron chi connectivity index (χ4n) is 3.20. The van der Waals surface area contributed by atoms with Crippen LogP contribution in [0.15, 0.2) is 29.8 Å². The SMILES string of the molecule is CCN(CC)C1CS(=O)(=O)OC2=C1CCOc1ccccc12. The van der Waals surface area contributed by atoms with Crippen molar-refractivity contribution in [1.29, 1.82) is 0 Å². The summed E-state index contributed by atoms with van der Waals surface area (Å²) >= 11 is 0. The average Bonchev–Trinajstić information content (AvgIpc) is 2.67. The van der Waals surface area contributed by atoms with Crippen LogP contribution in [0.4, 0.5) is 0 Å². The summed E-state index contributed by atoms with van der Waals surface area (Å²) in [6, 6.07) is 7.32. The molecule has 0 bridgehead atoms. The van der Waals surface area contributed by atoms with E-state index in [4.69, 9.17) is 8.92 Å². The zero-order chi connectivity index (χ0) is 15.7. The molecule has 0 aromatic heterocycles. The summed E-state index contributed by atoms with van der Waals surface area (Å²) in [7, 11) is -3.58. The van der Waals surface area contributed by atoms with Gasteiger partial charge in [0.15, 0.2) is 5.76 Å². The van der Waals surface area contributed by atoms with Crippen LogP contribution < -0.4 is 4.74 Å². The van der Waals surface area contributed by atoms with Crippen LogP contribution in [-0.2, 0) is 14.3 Å². The predicted octanol–water partition coefficient (Wildman–Crippen LogP) is 2.25. The molecule has 120 valence electrons. The molecule has 0 aliphatic carbocycles. The van der Waals surface area contributed by atoms with Crippen LogP contribution in [0.1, 0.15) is 25.8 Å². The van der Waals surface area contributed by atoms with E-state index in [2.05, 4.69) is 4.90 Å². The van der Waals surface area contributed by atoms with Crippen molar-refractivity contribution in [2.24, 2.45) is 0 Å². The second-order valence-electron chi connectivity index (χ2n) is 5.49. The Kier molecular flexibility index (Phi) is 4.14. The number of hydrogen-bond donors (Lipinski definition) is 0. The fraction of sp³-hybridized carbons (Fsp3) is 0.500. The Morgan fingerprint density at radius 2 is 1.95 bits per heavy atom. The highest BCUT2D eigenvalue weighted by Crippen LogP contribution is 2.39. The number of hydrogen-bond acceptors (Lipinski definition) is 5. The number of likely N-dealkylation sites (N-methyl/N-ethyl adjacent to an activating group) is 1. The van der Waals surface area contributed by atoms with E-state index in [0.29, 0.717) is 24.5 Å². The minimum absolute atomic E-state index is 0.00960. The van der Waals surface area contributed by atoms with Gasteiger partial charge in [0.05, 0.1) is 18.2 Å². The van der Waals surface area contributed by atoms with Gasteiger partial charge >= 0.3 is 10.1 Å². The third kappa shape index (κ3) is 2.73. The van der Waals surface area contributed by atoms with Crippen LogP contribution >= 0.6 is 0 Å². The number of para-hydroxylation sites is 1. The van der Waals surface area contributed by atoms with Crippen molar-refractivity contribution < 1.29 is 17.3 Å². The third-order valence-corrected chi connectivity index (χ3v) is 5.42. The Morgan fingerprint density at radius 1 is 1.23 bits per heavy atom. The van der Waals surface area contributed by atoms with Crippen molar-refractivity contribution in [3.05, 3.63) is 35.4 Å². The molecule has 1 aromatic carbocycles. The van der Waals surface area contributed by atoms with Gasteiger partial charge in [0.25, 0.3) is 0 Å². The molecular formula is C16H21NO4S. The number of ether oxygens (including phenoxy) is 1. The summed E-state index contributed by atoms with van der Waals surface area (Å²) in [5.41, 5.74) is 1.76. The van der Waals surface area contributed by atoms with Crippen LogP contribution in [0, 0.1) is 0 Å². The lowest BCUT2D eigenvalue weighted by Gasteiger charge is -2.35. The van der Waals surface area contributed by atoms with Crippen LogP contribution in [-0.4, -0.2) is 44.8 Å². The number of benzene rings is 1. The molecule has 1 aromatic rings. The van der Waals surface area contributed by atoms with Gasteiger partial charge in [0, 0.05) is 6.42 Å². The third-order valence-electron chi connectivity index (χ3n) is 4.28. The van der Waals surface area contributed by atoms with E-state index in [9.17, 15) is 8.42 Å². The topological polar surface area (TPSA) is 55.8 Å². The van der Waals surface area contributed by atoms with Crippen molar-refractivity contribution in [2.75, 3.05) is 25.4 Å². The van der Waals surface area contributed by atoms with Crippen molar-refractivity contribution in [3.8, 4) is 5.75 Å². The lowest BCUT2D eigenvalue weighted by molar-refractivity contribution is 0.239. The van der Waals surface area contributed by atoms with Crippen LogP contribution in [0.3, 0.4) is 0 Å². The molecular weight excluding hydrogens is 302 g/mol. The molecule has 1 unspecified atom stereocenters. The molecule has 2 aliphatic heterocycles. The summed E-state index contributed by atoms with van der Waals surface area (Å²) in [6.07, 6.45) is 0.681. The summed E-state index contributed by atoms with van der Waals surface area (Å²) in [6.45, 7) is 6.24. The molecule has 5 nitrogen and oxygen atoms in total. The first-order valence-corrected chi connectivity index (χ1v) is 9.25. The number of fused-ring (bicyclic) bond motifs is 2. The minimum Gasteiger partial charge on any atom is -0.492 e. The maximum Gasteiger partial charge on any atom is 0.311 e. The predicted molar refractivity (Wildman–Crippen MR) is 85.1 cm³/mol. The molecule has 0 saturated heterocycles. The fourth-order valence-corrected chi connectivity index (χ4v) is 4.52. The molecule has 0 saturated carbocycles. The first-order valence-electron chi connectivity index (χ1n) is 7.67. The lowest BCUT2D eigenvalue weighted by Crippen LogP contribution is -2.44. The van der Waals surface area contributed by atoms with Gasteiger partial charge in [-0.2, -0.15) is 8.42 Å². The van der Waals surface area contributed by atoms with Crippen LogP contribution in [0.5, 0.6) is 5.75 Å². The van der Waals surface area contributed by atoms with Crippen LogP contribution in [0.25, 0.3) is 5.76 Å². The van der Waals surface area contributed by atoms with Gasteiger partial charge in [-0.3, -0.25) is 4.90 Å². The normalized spacial score (nSPS) is 23.1. The van der Waals surface area contributed by atoms with E-state index < -0.39 is 10.1 Å². The van der Waals surface area contributed by atoms with E-state index in [1.807, 2.05) is 38.1 Å². The van der Waals surface area contributed by atoms with E-state index in [1.165, 1.54) is 0 Å². The summed E-state index contributed by atoms with van der Waals surface area (Å²) in [5.74, 6) is 1.16. The van der Waals surface area contributed by atoms with E-state index >= 15 is 0 Å². The average molecular weight is 323 g/mol. The molecule has 2 heterocycles. The monoisotopic (exact) mass is 323 g/mol. The first-order chi connectivity index (χ1) is 10.6. The van der Waals surface area contributed by atoms with Gasteiger partial charge in [0.2, 0.25) is 0 Å². The largest absolute Gasteiger partial charge is 0.492 e. The molecule has 1 atom stereocenters. The van der Waals surface area contributed by atoms with Crippen molar-refractivity contribution in [2.45, 2.75) is 26.3 Å². The molecule has 0 spiro atoms. The van der Waals surface area contributed by atoms with Crippen molar-refractivity contribution >= 4 is 15.9 Å². The van der Waals surface area contributed by atoms with E-state index in [1.54, 1.807) is 0 Å². The molecule has 0 N–H and O–H groups in total. The molecule has 2 aliphatic rings. The summed E-state index contributed by atoms with van der Waals surface area (Å²) < 4.78 is 35.7. The van der Waals surface area contributed by atoms with E-state index in [0.717, 1.165) is 24.2 Å². The van der Waals surface area contributed by atoms with Gasteiger partial charge in [-0.1, -0.05) is 26.0 Å². The zero-order valence-corrected chi connectivity index (χ0v) is 13.7. The standard InChI is InChI=1S/C16H21NO4S/c1-3-17(4-2)14-11-22(18,19)21-16-12(14)9-10-20-15-8-6-5-7-13(15)16/h5-8,14H,3-4,9-11H2,1-2H3. The molecule has 0 radical (unpaired) electrons. The molecule has 3 rings (SSSR count). The highest BCUT2D eigenvalue weighted by Gasteiger charge is 2.38. The second-order valence-corrected chi connectivity index (χ2v) is 7.11. The quantitative estimate of drug-likeness (QED) is 0.799. The Labute approximate surface area is 131 Å². The second kappa shape index (κ2) is 5.93. The Hall–Kier alpha value is -1.53. The molecule has 0 amide bonds. The first kappa shape index (κ1) is 15.4. The van der Waals surface area contributed by atoms with Gasteiger partial charge in [0.1, 0.15) is 11.5 Å². The molecule has 0 fully saturated rings. The van der Waals surface area contributed by atoms with Gasteiger partial charge in [-0.25, -0.2) is 0 Å². The Morgan fingerprint density at radius 3 is 2.68 bits per heavy atom. The van der Waals surface area contributed by atoms with Crippen LogP contribution in [0.2, 0.25) is 0 Å². The van der Waals surface area contributed by atoms with Gasteiger partial charge in [-0.05, 0) is 30.8 Å². The number of rotatable bonds is 3. The minimum atomic E-state index is -3.58. The maximum absolute atomic E-state index is 12.3. The summed E-state index contributed by atoms with van der Waals surface area (Å²) in [5, 5.41) is 0. The van der Waals surface area contributed by atoms with Gasteiger partial charge in [-0.15, -0.1) is 0 Å². The Balaban J connectivity index is 2.16. The van der Waals surface area contributed by atoms with Gasteiger partial charge < -0.3 is 8.92 Å². The highest BCUT2D eigenvalue weighted by molar-refractivity contribution is 7.87. The number of nitrogens with zero attached hydrogens (tertiary/aromatic N) is 1. The Bertz CT molecular complexity index is 692. The lowest BCUT2D eigenvalue weighted by atomic mass is 9.99. The summed E-state index contributed by atoms with van der Waals surface area (Å²) in [4.78, 5) is 2.17. The molecule has 22 heavy (non-hydrogen) atoms. The smallest absolute Gasteiger partial charge is 0.311 e. The zero-order valence-electron chi connectivity index (χ0n) is 12.9. The molecule has 6 heteroatoms. The van der Waals surface area contributed by atoms with E-state index in [-0.39, 0.29) is 11.8 Å². The highest BCUT2D eigenvalue weighted by atomic mass is 32.2. The van der Waals surface area contributed by atoms with Crippen molar-refractivity contribution in [3.63, 3.8) is 0 Å². The maximum atomic E-state index is 12.3.